The van der Waals surface area contributed by atoms with Crippen molar-refractivity contribution in [3.8, 4) is 0 Å². The molecule has 2 rings (SSSR count). The molecule has 1 aromatic heterocycles. The zero-order valence-corrected chi connectivity index (χ0v) is 12.9. The summed E-state index contributed by atoms with van der Waals surface area (Å²) in [5.74, 6) is 2.05. The molecule has 0 unspecified atom stereocenters. The van der Waals surface area contributed by atoms with Gasteiger partial charge < -0.3 is 14.6 Å². The quantitative estimate of drug-likeness (QED) is 0.870. The molecule has 0 amide bonds. The average Bonchev–Trinajstić information content (AvgIpc) is 2.77. The van der Waals surface area contributed by atoms with E-state index in [1.165, 1.54) is 16.8 Å². The van der Waals surface area contributed by atoms with Crippen LogP contribution < -0.4 is 10.2 Å². The Morgan fingerprint density at radius 2 is 1.85 bits per heavy atom. The van der Waals surface area contributed by atoms with Crippen molar-refractivity contribution < 1.29 is 4.42 Å². The molecule has 0 radical (unpaired) electrons. The van der Waals surface area contributed by atoms with Gasteiger partial charge in [0.25, 0.3) is 0 Å². The summed E-state index contributed by atoms with van der Waals surface area (Å²) in [5, 5.41) is 3.30. The second-order valence-electron chi connectivity index (χ2n) is 5.29. The van der Waals surface area contributed by atoms with Crippen molar-refractivity contribution >= 4 is 5.69 Å². The van der Waals surface area contributed by atoms with Crippen LogP contribution in [0.3, 0.4) is 0 Å². The highest BCUT2D eigenvalue weighted by Gasteiger charge is 2.09. The van der Waals surface area contributed by atoms with Gasteiger partial charge in [-0.3, -0.25) is 0 Å². The first-order chi connectivity index (χ1) is 9.60. The third kappa shape index (κ3) is 3.64. The number of nitrogens with one attached hydrogen (secondary N) is 1. The predicted molar refractivity (Wildman–Crippen MR) is 84.1 cm³/mol. The summed E-state index contributed by atoms with van der Waals surface area (Å²) in [6, 6.07) is 10.7. The lowest BCUT2D eigenvalue weighted by atomic mass is 10.2. The van der Waals surface area contributed by atoms with Crippen molar-refractivity contribution in [2.24, 2.45) is 0 Å². The van der Waals surface area contributed by atoms with Crippen LogP contribution in [0.25, 0.3) is 0 Å². The Bertz CT molecular complexity index is 543. The maximum atomic E-state index is 5.93. The molecule has 2 aromatic rings. The summed E-state index contributed by atoms with van der Waals surface area (Å²) in [6.07, 6.45) is 0. The summed E-state index contributed by atoms with van der Waals surface area (Å²) in [5.41, 5.74) is 3.71. The van der Waals surface area contributed by atoms with E-state index in [2.05, 4.69) is 68.4 Å². The minimum absolute atomic E-state index is 0.788. The van der Waals surface area contributed by atoms with Gasteiger partial charge in [-0.2, -0.15) is 0 Å². The van der Waals surface area contributed by atoms with Gasteiger partial charge >= 0.3 is 0 Å². The fraction of sp³-hybridized carbons (Fsp3) is 0.412. The highest BCUT2D eigenvalue weighted by atomic mass is 16.3. The summed E-state index contributed by atoms with van der Waals surface area (Å²) < 4.78 is 5.93. The molecule has 20 heavy (non-hydrogen) atoms. The number of hydrogen-bond acceptors (Lipinski definition) is 3. The Kier molecular flexibility index (Phi) is 4.85. The molecule has 0 aliphatic carbocycles. The molecule has 108 valence electrons. The van der Waals surface area contributed by atoms with Crippen molar-refractivity contribution in [3.05, 3.63) is 53.0 Å². The van der Waals surface area contributed by atoms with Crippen LogP contribution in [-0.4, -0.2) is 13.6 Å². The van der Waals surface area contributed by atoms with E-state index < -0.39 is 0 Å². The van der Waals surface area contributed by atoms with Crippen LogP contribution in [0.4, 0.5) is 5.69 Å². The third-order valence-electron chi connectivity index (χ3n) is 3.47. The zero-order valence-electron chi connectivity index (χ0n) is 12.9. The highest BCUT2D eigenvalue weighted by Crippen LogP contribution is 2.20. The number of furan rings is 1. The van der Waals surface area contributed by atoms with E-state index in [9.17, 15) is 0 Å². The Hall–Kier alpha value is -1.74. The SMILES string of the molecule is CCNCc1oc(CN(C)c2ccc(C)cc2)cc1C. The Labute approximate surface area is 121 Å². The summed E-state index contributed by atoms with van der Waals surface area (Å²) in [6.45, 7) is 8.86. The smallest absolute Gasteiger partial charge is 0.123 e. The zero-order chi connectivity index (χ0) is 14.5. The molecular formula is C17H24N2O. The van der Waals surface area contributed by atoms with Gasteiger partial charge in [0.2, 0.25) is 0 Å². The lowest BCUT2D eigenvalue weighted by Gasteiger charge is -2.18. The molecule has 0 fully saturated rings. The molecule has 0 atom stereocenters. The molecular weight excluding hydrogens is 248 g/mol. The number of aryl methyl sites for hydroxylation is 2. The molecule has 0 bridgehead atoms. The maximum absolute atomic E-state index is 5.93. The average molecular weight is 272 g/mol. The molecule has 1 N–H and O–H groups in total. The Morgan fingerprint density at radius 3 is 2.50 bits per heavy atom. The van der Waals surface area contributed by atoms with Crippen LogP contribution in [-0.2, 0) is 13.1 Å². The van der Waals surface area contributed by atoms with Gasteiger partial charge in [0.05, 0.1) is 13.1 Å². The van der Waals surface area contributed by atoms with Crippen molar-refractivity contribution in [1.29, 1.82) is 0 Å². The van der Waals surface area contributed by atoms with Crippen molar-refractivity contribution in [1.82, 2.24) is 5.32 Å². The fourth-order valence-corrected chi connectivity index (χ4v) is 2.21. The van der Waals surface area contributed by atoms with Crippen LogP contribution in [0.2, 0.25) is 0 Å². The monoisotopic (exact) mass is 272 g/mol. The lowest BCUT2D eigenvalue weighted by molar-refractivity contribution is 0.446. The molecule has 3 heteroatoms. The molecule has 0 saturated heterocycles. The number of hydrogen-bond donors (Lipinski definition) is 1. The summed E-state index contributed by atoms with van der Waals surface area (Å²) in [4.78, 5) is 2.20. The molecule has 0 aliphatic heterocycles. The van der Waals surface area contributed by atoms with Gasteiger partial charge in [0, 0.05) is 12.7 Å². The van der Waals surface area contributed by atoms with Gasteiger partial charge in [-0.15, -0.1) is 0 Å². The largest absolute Gasteiger partial charge is 0.463 e. The second-order valence-corrected chi connectivity index (χ2v) is 5.29. The highest BCUT2D eigenvalue weighted by molar-refractivity contribution is 5.47. The number of nitrogens with zero attached hydrogens (tertiary/aromatic N) is 1. The predicted octanol–water partition coefficient (Wildman–Crippen LogP) is 3.64. The van der Waals surface area contributed by atoms with Crippen LogP contribution in [0.1, 0.15) is 29.6 Å². The normalized spacial score (nSPS) is 10.8. The second kappa shape index (κ2) is 6.62. The maximum Gasteiger partial charge on any atom is 0.123 e. The molecule has 1 heterocycles. The van der Waals surface area contributed by atoms with Gasteiger partial charge in [-0.05, 0) is 44.2 Å². The molecule has 0 spiro atoms. The molecule has 0 aliphatic rings. The van der Waals surface area contributed by atoms with Gasteiger partial charge in [0.15, 0.2) is 0 Å². The fourth-order valence-electron chi connectivity index (χ4n) is 2.21. The number of benzene rings is 1. The lowest BCUT2D eigenvalue weighted by Crippen LogP contribution is -2.15. The van der Waals surface area contributed by atoms with Crippen LogP contribution in [0.5, 0.6) is 0 Å². The first-order valence-corrected chi connectivity index (χ1v) is 7.17. The first-order valence-electron chi connectivity index (χ1n) is 7.17. The van der Waals surface area contributed by atoms with E-state index in [-0.39, 0.29) is 0 Å². The molecule has 0 saturated carbocycles. The van der Waals surface area contributed by atoms with E-state index >= 15 is 0 Å². The van der Waals surface area contributed by atoms with Crippen molar-refractivity contribution in [2.75, 3.05) is 18.5 Å². The Balaban J connectivity index is 2.04. The van der Waals surface area contributed by atoms with E-state index in [1.807, 2.05) is 0 Å². The standard InChI is InChI=1S/C17H24N2O/c1-5-18-11-17-14(3)10-16(20-17)12-19(4)15-8-6-13(2)7-9-15/h6-10,18H,5,11-12H2,1-4H3. The van der Waals surface area contributed by atoms with Gasteiger partial charge in [0.1, 0.15) is 11.5 Å². The first kappa shape index (κ1) is 14.7. The summed E-state index contributed by atoms with van der Waals surface area (Å²) in [7, 11) is 2.09. The molecule has 3 nitrogen and oxygen atoms in total. The molecule has 1 aromatic carbocycles. The summed E-state index contributed by atoms with van der Waals surface area (Å²) >= 11 is 0. The van der Waals surface area contributed by atoms with Crippen molar-refractivity contribution in [3.63, 3.8) is 0 Å². The van der Waals surface area contributed by atoms with Crippen LogP contribution >= 0.6 is 0 Å². The topological polar surface area (TPSA) is 28.4 Å². The van der Waals surface area contributed by atoms with Crippen LogP contribution in [0.15, 0.2) is 34.7 Å². The third-order valence-corrected chi connectivity index (χ3v) is 3.47. The number of rotatable bonds is 6. The van der Waals surface area contributed by atoms with Gasteiger partial charge in [-0.1, -0.05) is 24.6 Å². The van der Waals surface area contributed by atoms with E-state index in [0.29, 0.717) is 0 Å². The van der Waals surface area contributed by atoms with E-state index in [4.69, 9.17) is 4.42 Å². The minimum Gasteiger partial charge on any atom is -0.463 e. The van der Waals surface area contributed by atoms with E-state index in [0.717, 1.165) is 31.2 Å². The van der Waals surface area contributed by atoms with Gasteiger partial charge in [-0.25, -0.2) is 0 Å². The Morgan fingerprint density at radius 1 is 1.15 bits per heavy atom. The van der Waals surface area contributed by atoms with Crippen molar-refractivity contribution in [2.45, 2.75) is 33.9 Å². The van der Waals surface area contributed by atoms with E-state index in [1.54, 1.807) is 0 Å². The van der Waals surface area contributed by atoms with Crippen LogP contribution in [0, 0.1) is 13.8 Å². The number of anilines is 1. The minimum atomic E-state index is 0.788.